The highest BCUT2D eigenvalue weighted by atomic mass is 35.5. The van der Waals surface area contributed by atoms with E-state index in [1.54, 1.807) is 6.08 Å². The summed E-state index contributed by atoms with van der Waals surface area (Å²) >= 11 is 0. The molecule has 76 valence electrons. The van der Waals surface area contributed by atoms with E-state index in [2.05, 4.69) is 6.58 Å². The predicted molar refractivity (Wildman–Crippen MR) is 62.2 cm³/mol. The average molecular weight is 215 g/mol. The third-order valence-corrected chi connectivity index (χ3v) is 0.693. The van der Waals surface area contributed by atoms with Crippen LogP contribution in [0.15, 0.2) is 24.3 Å². The molecule has 0 aliphatic rings. The number of allylic oxidation sites excluding steroid dienone is 1. The Kier molecular flexibility index (Phi) is 42.4. The normalized spacial score (nSPS) is 6.00. The molecule has 12 heavy (non-hydrogen) atoms. The standard InChI is InChI=1S/C5H11N.C3H7N.2ClH/c1-5(2)3-4-6;1-2-3-4;;/h3H,4,6H2,1-2H3;2H,1,3-4H2;2*1H. The molecule has 0 bridgehead atoms. The Labute approximate surface area is 87.9 Å². The SMILES string of the molecule is C=CCN.CC(C)=CCN.Cl.Cl. The zero-order valence-corrected chi connectivity index (χ0v) is 9.38. The van der Waals surface area contributed by atoms with Crippen LogP contribution in [0.5, 0.6) is 0 Å². The Bertz CT molecular complexity index is 99.2. The van der Waals surface area contributed by atoms with Crippen molar-refractivity contribution in [3.05, 3.63) is 24.3 Å². The third-order valence-electron chi connectivity index (χ3n) is 0.693. The number of hydrogen-bond donors (Lipinski definition) is 2. The number of nitrogens with two attached hydrogens (primary N) is 2. The van der Waals surface area contributed by atoms with Crippen molar-refractivity contribution in [1.29, 1.82) is 0 Å². The highest BCUT2D eigenvalue weighted by molar-refractivity contribution is 5.85. The number of hydrogen-bond acceptors (Lipinski definition) is 2. The molecule has 0 heterocycles. The van der Waals surface area contributed by atoms with Gasteiger partial charge in [0.05, 0.1) is 0 Å². The zero-order chi connectivity index (χ0) is 8.41. The zero-order valence-electron chi connectivity index (χ0n) is 7.75. The summed E-state index contributed by atoms with van der Waals surface area (Å²) in [4.78, 5) is 0. The summed E-state index contributed by atoms with van der Waals surface area (Å²) in [6.07, 6.45) is 3.64. The summed E-state index contributed by atoms with van der Waals surface area (Å²) in [6, 6.07) is 0. The summed E-state index contributed by atoms with van der Waals surface area (Å²) in [6.45, 7) is 8.68. The largest absolute Gasteiger partial charge is 0.327 e. The van der Waals surface area contributed by atoms with Crippen molar-refractivity contribution in [3.63, 3.8) is 0 Å². The lowest BCUT2D eigenvalue weighted by Crippen LogP contribution is -1.92. The minimum absolute atomic E-state index is 0. The van der Waals surface area contributed by atoms with Crippen LogP contribution in [0.2, 0.25) is 0 Å². The third kappa shape index (κ3) is 50.8. The molecule has 0 saturated heterocycles. The van der Waals surface area contributed by atoms with E-state index in [9.17, 15) is 0 Å². The Morgan fingerprint density at radius 3 is 1.50 bits per heavy atom. The molecule has 0 aromatic carbocycles. The van der Waals surface area contributed by atoms with E-state index in [0.717, 1.165) is 0 Å². The molecule has 0 fully saturated rings. The van der Waals surface area contributed by atoms with Crippen molar-refractivity contribution in [2.45, 2.75) is 13.8 Å². The summed E-state index contributed by atoms with van der Waals surface area (Å²) < 4.78 is 0. The molecule has 0 saturated carbocycles. The first kappa shape index (κ1) is 22.7. The van der Waals surface area contributed by atoms with Crippen molar-refractivity contribution in [1.82, 2.24) is 0 Å². The van der Waals surface area contributed by atoms with Gasteiger partial charge in [0.25, 0.3) is 0 Å². The molecular formula is C8H20Cl2N2. The van der Waals surface area contributed by atoms with Crippen molar-refractivity contribution < 1.29 is 0 Å². The predicted octanol–water partition coefficient (Wildman–Crippen LogP) is 1.89. The molecule has 4 heteroatoms. The molecule has 2 nitrogen and oxygen atoms in total. The lowest BCUT2D eigenvalue weighted by molar-refractivity contribution is 1.21. The molecule has 4 N–H and O–H groups in total. The average Bonchev–Trinajstić information content (AvgIpc) is 1.89. The van der Waals surface area contributed by atoms with Gasteiger partial charge >= 0.3 is 0 Å². The van der Waals surface area contributed by atoms with Crippen LogP contribution in [0.4, 0.5) is 0 Å². The van der Waals surface area contributed by atoms with E-state index in [4.69, 9.17) is 11.5 Å². The fraction of sp³-hybridized carbons (Fsp3) is 0.500. The van der Waals surface area contributed by atoms with Crippen LogP contribution in [-0.4, -0.2) is 13.1 Å². The van der Waals surface area contributed by atoms with Gasteiger partial charge in [0, 0.05) is 13.1 Å². The monoisotopic (exact) mass is 214 g/mol. The van der Waals surface area contributed by atoms with Gasteiger partial charge in [-0.05, 0) is 13.8 Å². The van der Waals surface area contributed by atoms with Crippen LogP contribution in [0, 0.1) is 0 Å². The van der Waals surface area contributed by atoms with Gasteiger partial charge in [-0.2, -0.15) is 0 Å². The Morgan fingerprint density at radius 1 is 1.17 bits per heavy atom. The fourth-order valence-corrected chi connectivity index (χ4v) is 0.236. The van der Waals surface area contributed by atoms with Gasteiger partial charge in [0.2, 0.25) is 0 Å². The van der Waals surface area contributed by atoms with Crippen LogP contribution in [0.25, 0.3) is 0 Å². The van der Waals surface area contributed by atoms with Crippen molar-refractivity contribution in [2.75, 3.05) is 13.1 Å². The van der Waals surface area contributed by atoms with Gasteiger partial charge in [-0.1, -0.05) is 17.7 Å². The highest BCUT2D eigenvalue weighted by Gasteiger charge is 1.67. The van der Waals surface area contributed by atoms with E-state index in [-0.39, 0.29) is 24.8 Å². The molecule has 0 aromatic heterocycles. The summed E-state index contributed by atoms with van der Waals surface area (Å²) in [5.41, 5.74) is 11.4. The van der Waals surface area contributed by atoms with Crippen LogP contribution < -0.4 is 11.5 Å². The van der Waals surface area contributed by atoms with Gasteiger partial charge in [-0.3, -0.25) is 0 Å². The van der Waals surface area contributed by atoms with Crippen LogP contribution >= 0.6 is 24.8 Å². The van der Waals surface area contributed by atoms with E-state index in [1.807, 2.05) is 19.9 Å². The molecule has 0 spiro atoms. The Morgan fingerprint density at radius 2 is 1.50 bits per heavy atom. The van der Waals surface area contributed by atoms with Gasteiger partial charge in [0.15, 0.2) is 0 Å². The van der Waals surface area contributed by atoms with Crippen molar-refractivity contribution in [3.8, 4) is 0 Å². The molecule has 0 amide bonds. The number of rotatable bonds is 2. The Balaban J connectivity index is -0.0000000483. The maximum Gasteiger partial charge on any atom is 0.0109 e. The topological polar surface area (TPSA) is 52.0 Å². The van der Waals surface area contributed by atoms with Gasteiger partial charge in [-0.25, -0.2) is 0 Å². The van der Waals surface area contributed by atoms with Crippen molar-refractivity contribution >= 4 is 24.8 Å². The first-order valence-corrected chi connectivity index (χ1v) is 3.33. The lowest BCUT2D eigenvalue weighted by atomic mass is 10.3. The lowest BCUT2D eigenvalue weighted by Gasteiger charge is -1.80. The summed E-state index contributed by atoms with van der Waals surface area (Å²) in [5.74, 6) is 0. The van der Waals surface area contributed by atoms with Crippen LogP contribution in [-0.2, 0) is 0 Å². The van der Waals surface area contributed by atoms with E-state index >= 15 is 0 Å². The van der Waals surface area contributed by atoms with Gasteiger partial charge in [-0.15, -0.1) is 31.4 Å². The first-order chi connectivity index (χ1) is 4.68. The molecule has 0 aromatic rings. The van der Waals surface area contributed by atoms with E-state index < -0.39 is 0 Å². The maximum absolute atomic E-state index is 5.15. The quantitative estimate of drug-likeness (QED) is 0.691. The molecule has 0 radical (unpaired) electrons. The molecule has 0 rings (SSSR count). The Hall–Kier alpha value is -0.0200. The van der Waals surface area contributed by atoms with Crippen molar-refractivity contribution in [2.24, 2.45) is 11.5 Å². The second kappa shape index (κ2) is 22.4. The first-order valence-electron chi connectivity index (χ1n) is 3.33. The molecule has 0 aliphatic carbocycles. The molecule has 0 unspecified atom stereocenters. The minimum Gasteiger partial charge on any atom is -0.327 e. The highest BCUT2D eigenvalue weighted by Crippen LogP contribution is 1.82. The molecule has 0 atom stereocenters. The van der Waals surface area contributed by atoms with Crippen LogP contribution in [0.3, 0.4) is 0 Å². The molecular weight excluding hydrogens is 195 g/mol. The second-order valence-corrected chi connectivity index (χ2v) is 2.04. The molecule has 0 aliphatic heterocycles. The summed E-state index contributed by atoms with van der Waals surface area (Å²) in [5, 5.41) is 0. The minimum atomic E-state index is 0. The fourth-order valence-electron chi connectivity index (χ4n) is 0.236. The summed E-state index contributed by atoms with van der Waals surface area (Å²) in [7, 11) is 0. The number of halogens is 2. The second-order valence-electron chi connectivity index (χ2n) is 2.04. The maximum atomic E-state index is 5.15. The van der Waals surface area contributed by atoms with Gasteiger partial charge in [0.1, 0.15) is 0 Å². The van der Waals surface area contributed by atoms with E-state index in [0.29, 0.717) is 13.1 Å². The van der Waals surface area contributed by atoms with E-state index in [1.165, 1.54) is 5.57 Å². The van der Waals surface area contributed by atoms with Gasteiger partial charge < -0.3 is 11.5 Å². The van der Waals surface area contributed by atoms with Crippen LogP contribution in [0.1, 0.15) is 13.8 Å². The smallest absolute Gasteiger partial charge is 0.0109 e.